The van der Waals surface area contributed by atoms with Gasteiger partial charge in [0.05, 0.1) is 19.2 Å². The van der Waals surface area contributed by atoms with Gasteiger partial charge >= 0.3 is 0 Å². The molecule has 4 rings (SSSR count). The molecule has 2 heterocycles. The van der Waals surface area contributed by atoms with E-state index in [1.807, 2.05) is 16.8 Å². The predicted molar refractivity (Wildman–Crippen MR) is 93.3 cm³/mol. The van der Waals surface area contributed by atoms with Crippen molar-refractivity contribution in [3.63, 3.8) is 0 Å². The van der Waals surface area contributed by atoms with E-state index in [0.717, 1.165) is 18.1 Å². The Balaban J connectivity index is 1.73. The number of fused-ring (bicyclic) bond motifs is 1. The Bertz CT molecular complexity index is 858. The maximum atomic E-state index is 5.37. The monoisotopic (exact) mass is 320 g/mol. The van der Waals surface area contributed by atoms with Gasteiger partial charge in [0.1, 0.15) is 12.1 Å². The standard InChI is InChI=1S/C19H20N4O/c1-13-5-3-7-15(9-13)18-11-17(22-19-20-12-21-23(18)19)14-6-4-8-16(10-14)24-2/h3-10,12,17-18H,11H2,1-2H3,(H,20,21,22)/t17-,18-/m0/s1. The van der Waals surface area contributed by atoms with Crippen LogP contribution in [0.2, 0.25) is 0 Å². The minimum Gasteiger partial charge on any atom is -0.497 e. The third-order valence-corrected chi connectivity index (χ3v) is 4.55. The number of hydrogen-bond donors (Lipinski definition) is 1. The lowest BCUT2D eigenvalue weighted by Crippen LogP contribution is -2.28. The van der Waals surface area contributed by atoms with Gasteiger partial charge in [-0.1, -0.05) is 42.0 Å². The zero-order chi connectivity index (χ0) is 16.5. The van der Waals surface area contributed by atoms with Gasteiger partial charge in [-0.25, -0.2) is 4.68 Å². The van der Waals surface area contributed by atoms with Crippen molar-refractivity contribution in [2.75, 3.05) is 12.4 Å². The summed E-state index contributed by atoms with van der Waals surface area (Å²) in [6, 6.07) is 17.1. The molecule has 2 aromatic carbocycles. The van der Waals surface area contributed by atoms with Gasteiger partial charge in [-0.2, -0.15) is 10.1 Å². The molecule has 1 N–H and O–H groups in total. The molecule has 1 aliphatic rings. The number of nitrogens with one attached hydrogen (secondary N) is 1. The van der Waals surface area contributed by atoms with Crippen LogP contribution in [0.1, 0.15) is 35.2 Å². The molecule has 0 fully saturated rings. The molecule has 0 saturated heterocycles. The van der Waals surface area contributed by atoms with Crippen molar-refractivity contribution in [2.45, 2.75) is 25.4 Å². The van der Waals surface area contributed by atoms with Crippen LogP contribution in [-0.2, 0) is 0 Å². The average Bonchev–Trinajstić information content (AvgIpc) is 3.09. The second kappa shape index (κ2) is 6.00. The van der Waals surface area contributed by atoms with E-state index in [1.54, 1.807) is 13.4 Å². The van der Waals surface area contributed by atoms with Crippen LogP contribution in [-0.4, -0.2) is 21.9 Å². The SMILES string of the molecule is COc1cccc([C@@H]2C[C@@H](c3cccc(C)c3)n3ncnc3N2)c1. The summed E-state index contributed by atoms with van der Waals surface area (Å²) in [5, 5.41) is 7.92. The topological polar surface area (TPSA) is 52.0 Å². The first-order chi connectivity index (χ1) is 11.7. The second-order valence-electron chi connectivity index (χ2n) is 6.17. The minimum atomic E-state index is 0.167. The van der Waals surface area contributed by atoms with E-state index in [4.69, 9.17) is 4.74 Å². The predicted octanol–water partition coefficient (Wildman–Crippen LogP) is 3.74. The number of hydrogen-bond acceptors (Lipinski definition) is 4. The second-order valence-corrected chi connectivity index (χ2v) is 6.17. The molecule has 0 spiro atoms. The van der Waals surface area contributed by atoms with Crippen LogP contribution in [0.5, 0.6) is 5.75 Å². The first-order valence-corrected chi connectivity index (χ1v) is 8.11. The molecular weight excluding hydrogens is 300 g/mol. The van der Waals surface area contributed by atoms with E-state index < -0.39 is 0 Å². The van der Waals surface area contributed by atoms with Crippen molar-refractivity contribution >= 4 is 5.95 Å². The summed E-state index contributed by atoms with van der Waals surface area (Å²) >= 11 is 0. The number of rotatable bonds is 3. The van der Waals surface area contributed by atoms with Crippen LogP contribution in [0.4, 0.5) is 5.95 Å². The van der Waals surface area contributed by atoms with Crippen molar-refractivity contribution in [1.29, 1.82) is 0 Å². The van der Waals surface area contributed by atoms with Crippen molar-refractivity contribution < 1.29 is 4.74 Å². The lowest BCUT2D eigenvalue weighted by Gasteiger charge is -2.32. The van der Waals surface area contributed by atoms with Crippen LogP contribution in [0.15, 0.2) is 54.9 Å². The zero-order valence-electron chi connectivity index (χ0n) is 13.8. The van der Waals surface area contributed by atoms with Crippen molar-refractivity contribution in [3.8, 4) is 5.75 Å². The fraction of sp³-hybridized carbons (Fsp3) is 0.263. The van der Waals surface area contributed by atoms with Crippen LogP contribution < -0.4 is 10.1 Å². The summed E-state index contributed by atoms with van der Waals surface area (Å²) in [5.41, 5.74) is 3.71. The Morgan fingerprint density at radius 2 is 1.96 bits per heavy atom. The molecule has 122 valence electrons. The highest BCUT2D eigenvalue weighted by Gasteiger charge is 2.30. The molecule has 0 unspecified atom stereocenters. The Kier molecular flexibility index (Phi) is 3.69. The number of benzene rings is 2. The molecule has 3 aromatic rings. The maximum Gasteiger partial charge on any atom is 0.222 e. The molecule has 2 atom stereocenters. The van der Waals surface area contributed by atoms with Crippen LogP contribution in [0, 0.1) is 6.92 Å². The first kappa shape index (κ1) is 14.8. The largest absolute Gasteiger partial charge is 0.497 e. The molecule has 5 nitrogen and oxygen atoms in total. The first-order valence-electron chi connectivity index (χ1n) is 8.11. The van der Waals surface area contributed by atoms with E-state index in [0.29, 0.717) is 0 Å². The lowest BCUT2D eigenvalue weighted by molar-refractivity contribution is 0.410. The molecule has 24 heavy (non-hydrogen) atoms. The smallest absolute Gasteiger partial charge is 0.222 e. The fourth-order valence-corrected chi connectivity index (χ4v) is 3.35. The highest BCUT2D eigenvalue weighted by Crippen LogP contribution is 2.38. The molecular formula is C19H20N4O. The van der Waals surface area contributed by atoms with Gasteiger partial charge in [0.15, 0.2) is 0 Å². The summed E-state index contributed by atoms with van der Waals surface area (Å²) in [4.78, 5) is 4.38. The van der Waals surface area contributed by atoms with Crippen molar-refractivity contribution in [3.05, 3.63) is 71.5 Å². The van der Waals surface area contributed by atoms with Gasteiger partial charge in [-0.15, -0.1) is 0 Å². The molecule has 0 radical (unpaired) electrons. The van der Waals surface area contributed by atoms with Crippen LogP contribution in [0.25, 0.3) is 0 Å². The average molecular weight is 320 g/mol. The van der Waals surface area contributed by atoms with E-state index in [2.05, 4.69) is 58.7 Å². The van der Waals surface area contributed by atoms with E-state index in [1.165, 1.54) is 16.7 Å². The number of aromatic nitrogens is 3. The Labute approximate surface area is 141 Å². The molecule has 1 aromatic heterocycles. The third-order valence-electron chi connectivity index (χ3n) is 4.55. The van der Waals surface area contributed by atoms with E-state index >= 15 is 0 Å². The van der Waals surface area contributed by atoms with Gasteiger partial charge in [-0.3, -0.25) is 0 Å². The van der Waals surface area contributed by atoms with Gasteiger partial charge in [0.2, 0.25) is 5.95 Å². The molecule has 5 heteroatoms. The summed E-state index contributed by atoms with van der Waals surface area (Å²) in [6.07, 6.45) is 2.52. The molecule has 0 aliphatic carbocycles. The normalized spacial score (nSPS) is 19.4. The Morgan fingerprint density at radius 1 is 1.12 bits per heavy atom. The van der Waals surface area contributed by atoms with Gasteiger partial charge in [-0.05, 0) is 36.6 Å². The third kappa shape index (κ3) is 2.62. The molecule has 0 amide bonds. The summed E-state index contributed by atoms with van der Waals surface area (Å²) < 4.78 is 7.34. The number of ether oxygens (including phenoxy) is 1. The van der Waals surface area contributed by atoms with Crippen LogP contribution >= 0.6 is 0 Å². The number of aryl methyl sites for hydroxylation is 1. The Morgan fingerprint density at radius 3 is 2.79 bits per heavy atom. The summed E-state index contributed by atoms with van der Waals surface area (Å²) in [6.45, 7) is 2.12. The van der Waals surface area contributed by atoms with Crippen LogP contribution in [0.3, 0.4) is 0 Å². The summed E-state index contributed by atoms with van der Waals surface area (Å²) in [5.74, 6) is 1.68. The van der Waals surface area contributed by atoms with E-state index in [9.17, 15) is 0 Å². The van der Waals surface area contributed by atoms with Crippen molar-refractivity contribution in [2.24, 2.45) is 0 Å². The minimum absolute atomic E-state index is 0.167. The zero-order valence-corrected chi connectivity index (χ0v) is 13.8. The van der Waals surface area contributed by atoms with Gasteiger partial charge < -0.3 is 10.1 Å². The fourth-order valence-electron chi connectivity index (χ4n) is 3.35. The molecule has 0 bridgehead atoms. The molecule has 1 aliphatic heterocycles. The number of anilines is 1. The van der Waals surface area contributed by atoms with Gasteiger partial charge in [0, 0.05) is 0 Å². The number of nitrogens with zero attached hydrogens (tertiary/aromatic N) is 3. The maximum absolute atomic E-state index is 5.37. The quantitative estimate of drug-likeness (QED) is 0.799. The number of methoxy groups -OCH3 is 1. The Hall–Kier alpha value is -2.82. The summed E-state index contributed by atoms with van der Waals surface area (Å²) in [7, 11) is 1.69. The highest BCUT2D eigenvalue weighted by molar-refractivity contribution is 5.40. The highest BCUT2D eigenvalue weighted by atomic mass is 16.5. The van der Waals surface area contributed by atoms with Crippen molar-refractivity contribution in [1.82, 2.24) is 14.8 Å². The lowest BCUT2D eigenvalue weighted by atomic mass is 9.92. The van der Waals surface area contributed by atoms with Gasteiger partial charge in [0.25, 0.3) is 0 Å². The van der Waals surface area contributed by atoms with E-state index in [-0.39, 0.29) is 12.1 Å². The molecule has 0 saturated carbocycles.